The minimum Gasteiger partial charge on any atom is -0.354 e. The lowest BCUT2D eigenvalue weighted by molar-refractivity contribution is -0.129. The predicted molar refractivity (Wildman–Crippen MR) is 112 cm³/mol. The van der Waals surface area contributed by atoms with E-state index in [9.17, 15) is 9.59 Å². The summed E-state index contributed by atoms with van der Waals surface area (Å²) in [6.07, 6.45) is 5.82. The molecule has 0 bridgehead atoms. The van der Waals surface area contributed by atoms with Crippen LogP contribution in [0.5, 0.6) is 0 Å². The van der Waals surface area contributed by atoms with Crippen LogP contribution in [0.3, 0.4) is 0 Å². The lowest BCUT2D eigenvalue weighted by Crippen LogP contribution is -2.58. The molecule has 0 spiro atoms. The third-order valence-corrected chi connectivity index (χ3v) is 6.45. The molecule has 1 aromatic rings. The summed E-state index contributed by atoms with van der Waals surface area (Å²) in [4.78, 5) is 30.0. The molecule has 0 radical (unpaired) electrons. The molecule has 1 saturated heterocycles. The number of carbonyl (C=O) groups excluding carboxylic acids is 2. The zero-order valence-corrected chi connectivity index (χ0v) is 17.4. The molecule has 2 aliphatic rings. The van der Waals surface area contributed by atoms with Gasteiger partial charge in [0.1, 0.15) is 0 Å². The van der Waals surface area contributed by atoms with Crippen LogP contribution in [-0.4, -0.2) is 60.4 Å². The summed E-state index contributed by atoms with van der Waals surface area (Å²) in [7, 11) is 0. The Balaban J connectivity index is 1.60. The average Bonchev–Trinajstić information content (AvgIpc) is 3.27. The summed E-state index contributed by atoms with van der Waals surface area (Å²) < 4.78 is 0. The molecule has 154 valence electrons. The quantitative estimate of drug-likeness (QED) is 0.784. The predicted octanol–water partition coefficient (Wildman–Crippen LogP) is 3.17. The van der Waals surface area contributed by atoms with Gasteiger partial charge in [0.05, 0.1) is 6.04 Å². The monoisotopic (exact) mass is 385 g/mol. The molecule has 0 aromatic heterocycles. The van der Waals surface area contributed by atoms with Gasteiger partial charge in [0.25, 0.3) is 5.91 Å². The van der Waals surface area contributed by atoms with Crippen LogP contribution >= 0.6 is 0 Å². The molecule has 2 amide bonds. The number of nitrogens with one attached hydrogen (secondary N) is 1. The van der Waals surface area contributed by atoms with Crippen molar-refractivity contribution in [3.63, 3.8) is 0 Å². The second-order valence-electron chi connectivity index (χ2n) is 8.44. The van der Waals surface area contributed by atoms with Crippen molar-refractivity contribution in [1.82, 2.24) is 15.1 Å². The van der Waals surface area contributed by atoms with Gasteiger partial charge >= 0.3 is 0 Å². The van der Waals surface area contributed by atoms with Gasteiger partial charge in [-0.3, -0.25) is 14.5 Å². The van der Waals surface area contributed by atoms with Gasteiger partial charge in [-0.1, -0.05) is 51.3 Å². The van der Waals surface area contributed by atoms with Crippen LogP contribution in [0.2, 0.25) is 0 Å². The molecule has 1 aromatic carbocycles. The number of nitrogens with zero attached hydrogens (tertiary/aromatic N) is 2. The highest BCUT2D eigenvalue weighted by Crippen LogP contribution is 2.31. The number of benzene rings is 1. The second kappa shape index (κ2) is 10.1. The highest BCUT2D eigenvalue weighted by Gasteiger charge is 2.37. The Labute approximate surface area is 169 Å². The second-order valence-corrected chi connectivity index (χ2v) is 8.44. The van der Waals surface area contributed by atoms with Crippen LogP contribution in [0.25, 0.3) is 0 Å². The summed E-state index contributed by atoms with van der Waals surface area (Å²) in [5.74, 6) is 1.25. The first kappa shape index (κ1) is 20.8. The first-order valence-electron chi connectivity index (χ1n) is 11.0. The Morgan fingerprint density at radius 3 is 2.32 bits per heavy atom. The largest absolute Gasteiger partial charge is 0.354 e. The number of amides is 2. The lowest BCUT2D eigenvalue weighted by atomic mass is 9.94. The molecule has 1 N–H and O–H groups in total. The molecule has 1 heterocycles. The van der Waals surface area contributed by atoms with Crippen LogP contribution in [0, 0.1) is 11.8 Å². The Morgan fingerprint density at radius 1 is 1.07 bits per heavy atom. The molecule has 2 fully saturated rings. The zero-order chi connectivity index (χ0) is 19.9. The Bertz CT molecular complexity index is 635. The minimum atomic E-state index is -0.0412. The first-order valence-corrected chi connectivity index (χ1v) is 11.0. The van der Waals surface area contributed by atoms with Gasteiger partial charge in [0.2, 0.25) is 5.91 Å². The summed E-state index contributed by atoms with van der Waals surface area (Å²) in [6.45, 7) is 8.02. The van der Waals surface area contributed by atoms with Gasteiger partial charge in [-0.15, -0.1) is 0 Å². The van der Waals surface area contributed by atoms with E-state index in [1.54, 1.807) is 0 Å². The highest BCUT2D eigenvalue weighted by atomic mass is 16.2. The van der Waals surface area contributed by atoms with Crippen LogP contribution in [0.1, 0.15) is 56.3 Å². The van der Waals surface area contributed by atoms with Gasteiger partial charge in [0, 0.05) is 38.3 Å². The molecule has 5 nitrogen and oxygen atoms in total. The highest BCUT2D eigenvalue weighted by molar-refractivity contribution is 5.94. The SMILES string of the molecule is CC[C@@H](C)CNC(=O)[C@@H](C1CCCC1)N1CCN(C(=O)c2ccccc2)CC1. The third-order valence-electron chi connectivity index (χ3n) is 6.45. The molecule has 1 aliphatic carbocycles. The molecule has 0 unspecified atom stereocenters. The number of carbonyl (C=O) groups is 2. The van der Waals surface area contributed by atoms with Crippen molar-refractivity contribution in [2.75, 3.05) is 32.7 Å². The van der Waals surface area contributed by atoms with E-state index in [-0.39, 0.29) is 17.9 Å². The van der Waals surface area contributed by atoms with E-state index in [1.807, 2.05) is 35.2 Å². The van der Waals surface area contributed by atoms with E-state index in [0.717, 1.165) is 44.5 Å². The molecule has 1 saturated carbocycles. The zero-order valence-electron chi connectivity index (χ0n) is 17.4. The normalized spacial score (nSPS) is 20.7. The summed E-state index contributed by atoms with van der Waals surface area (Å²) in [5.41, 5.74) is 0.745. The first-order chi connectivity index (χ1) is 13.6. The number of piperazine rings is 1. The molecular formula is C23H35N3O2. The third kappa shape index (κ3) is 5.13. The van der Waals surface area contributed by atoms with Gasteiger partial charge in [0.15, 0.2) is 0 Å². The van der Waals surface area contributed by atoms with Crippen molar-refractivity contribution in [2.24, 2.45) is 11.8 Å². The molecule has 3 rings (SSSR count). The maximum absolute atomic E-state index is 13.1. The summed E-state index contributed by atoms with van der Waals surface area (Å²) in [6, 6.07) is 9.44. The fourth-order valence-corrected chi connectivity index (χ4v) is 4.44. The van der Waals surface area contributed by atoms with E-state index in [1.165, 1.54) is 12.8 Å². The summed E-state index contributed by atoms with van der Waals surface area (Å²) in [5, 5.41) is 3.21. The topological polar surface area (TPSA) is 52.7 Å². The van der Waals surface area contributed by atoms with E-state index >= 15 is 0 Å². The fraction of sp³-hybridized carbons (Fsp3) is 0.652. The molecular weight excluding hydrogens is 350 g/mol. The van der Waals surface area contributed by atoms with Crippen molar-refractivity contribution in [3.05, 3.63) is 35.9 Å². The smallest absolute Gasteiger partial charge is 0.253 e. The van der Waals surface area contributed by atoms with Gasteiger partial charge in [-0.05, 0) is 36.8 Å². The van der Waals surface area contributed by atoms with Gasteiger partial charge in [-0.25, -0.2) is 0 Å². The number of hydrogen-bond donors (Lipinski definition) is 1. The van der Waals surface area contributed by atoms with Crippen LogP contribution in [0.4, 0.5) is 0 Å². The average molecular weight is 386 g/mol. The Morgan fingerprint density at radius 2 is 1.71 bits per heavy atom. The van der Waals surface area contributed by atoms with E-state index < -0.39 is 0 Å². The van der Waals surface area contributed by atoms with Crippen LogP contribution in [-0.2, 0) is 4.79 Å². The molecule has 1 aliphatic heterocycles. The van der Waals surface area contributed by atoms with Crippen LogP contribution < -0.4 is 5.32 Å². The van der Waals surface area contributed by atoms with Crippen molar-refractivity contribution >= 4 is 11.8 Å². The van der Waals surface area contributed by atoms with Crippen LogP contribution in [0.15, 0.2) is 30.3 Å². The summed E-state index contributed by atoms with van der Waals surface area (Å²) >= 11 is 0. The van der Waals surface area contributed by atoms with E-state index in [2.05, 4.69) is 24.1 Å². The van der Waals surface area contributed by atoms with Gasteiger partial charge < -0.3 is 10.2 Å². The van der Waals surface area contributed by atoms with Crippen molar-refractivity contribution in [3.8, 4) is 0 Å². The maximum atomic E-state index is 13.1. The van der Waals surface area contributed by atoms with Gasteiger partial charge in [-0.2, -0.15) is 0 Å². The van der Waals surface area contributed by atoms with E-state index in [4.69, 9.17) is 0 Å². The number of hydrogen-bond acceptors (Lipinski definition) is 3. The molecule has 28 heavy (non-hydrogen) atoms. The Kier molecular flexibility index (Phi) is 7.49. The molecule has 5 heteroatoms. The van der Waals surface area contributed by atoms with Crippen molar-refractivity contribution < 1.29 is 9.59 Å². The standard InChI is InChI=1S/C23H35N3O2/c1-3-18(2)17-24-22(27)21(19-9-7-8-10-19)25-13-15-26(16-14-25)23(28)20-11-5-4-6-12-20/h4-6,11-12,18-19,21H,3,7-10,13-17H2,1-2H3,(H,24,27)/t18-,21-/m1/s1. The number of rotatable bonds is 7. The Hall–Kier alpha value is -1.88. The van der Waals surface area contributed by atoms with Crippen molar-refractivity contribution in [1.29, 1.82) is 0 Å². The van der Waals surface area contributed by atoms with E-state index in [0.29, 0.717) is 24.9 Å². The fourth-order valence-electron chi connectivity index (χ4n) is 4.44. The lowest BCUT2D eigenvalue weighted by Gasteiger charge is -2.41. The van der Waals surface area contributed by atoms with Crippen molar-refractivity contribution in [2.45, 2.75) is 52.0 Å². The molecule has 2 atom stereocenters. The minimum absolute atomic E-state index is 0.0412. The maximum Gasteiger partial charge on any atom is 0.253 e.